The van der Waals surface area contributed by atoms with Gasteiger partial charge in [-0.25, -0.2) is 0 Å². The molecule has 2 heterocycles. The van der Waals surface area contributed by atoms with E-state index < -0.39 is 0 Å². The average Bonchev–Trinajstić information content (AvgIpc) is 2.52. The Bertz CT molecular complexity index is 328. The molecule has 0 saturated carbocycles. The van der Waals surface area contributed by atoms with Gasteiger partial charge in [0.2, 0.25) is 5.91 Å². The molecule has 0 bridgehead atoms. The Morgan fingerprint density at radius 2 is 2.14 bits per heavy atom. The lowest BCUT2D eigenvalue weighted by molar-refractivity contribution is -0.143. The number of hydrogen-bond acceptors (Lipinski definition) is 4. The van der Waals surface area contributed by atoms with Crippen LogP contribution >= 0.6 is 0 Å². The number of rotatable bonds is 6. The highest BCUT2D eigenvalue weighted by molar-refractivity contribution is 5.76. The number of nitrogens with zero attached hydrogens (tertiary/aromatic N) is 1. The number of carbonyl (C=O) groups excluding carboxylic acids is 1. The number of aliphatic hydroxyl groups excluding tert-OH is 1. The van der Waals surface area contributed by atoms with E-state index in [1.54, 1.807) is 0 Å². The van der Waals surface area contributed by atoms with Gasteiger partial charge in [0.05, 0.1) is 12.6 Å². The van der Waals surface area contributed by atoms with Crippen LogP contribution in [0, 0.1) is 5.41 Å². The minimum absolute atomic E-state index is 0.00179. The number of carbonyl (C=O) groups is 1. The zero-order valence-electron chi connectivity index (χ0n) is 13.2. The summed E-state index contributed by atoms with van der Waals surface area (Å²) >= 11 is 0. The quantitative estimate of drug-likeness (QED) is 0.757. The van der Waals surface area contributed by atoms with Crippen molar-refractivity contribution in [3.05, 3.63) is 0 Å². The normalized spacial score (nSPS) is 25.2. The second-order valence-electron chi connectivity index (χ2n) is 6.31. The Labute approximate surface area is 127 Å². The largest absolute Gasteiger partial charge is 0.394 e. The van der Waals surface area contributed by atoms with E-state index >= 15 is 0 Å². The van der Waals surface area contributed by atoms with E-state index in [2.05, 4.69) is 0 Å². The molecule has 0 aromatic heterocycles. The third kappa shape index (κ3) is 4.41. The molecule has 2 rings (SSSR count). The van der Waals surface area contributed by atoms with E-state index in [1.807, 2.05) is 11.8 Å². The lowest BCUT2D eigenvalue weighted by Gasteiger charge is -2.48. The van der Waals surface area contributed by atoms with E-state index in [0.717, 1.165) is 51.9 Å². The van der Waals surface area contributed by atoms with Gasteiger partial charge in [0.15, 0.2) is 0 Å². The number of likely N-dealkylation sites (tertiary alicyclic amines) is 1. The summed E-state index contributed by atoms with van der Waals surface area (Å²) in [5.74, 6) is 0.166. The first-order chi connectivity index (χ1) is 10.2. The molecule has 5 nitrogen and oxygen atoms in total. The van der Waals surface area contributed by atoms with Crippen LogP contribution in [-0.2, 0) is 14.3 Å². The minimum atomic E-state index is -0.00179. The molecule has 2 saturated heterocycles. The number of hydrogen-bond donors (Lipinski definition) is 1. The Morgan fingerprint density at radius 1 is 1.38 bits per heavy atom. The first-order valence-corrected chi connectivity index (χ1v) is 8.26. The Balaban J connectivity index is 1.91. The van der Waals surface area contributed by atoms with Crippen molar-refractivity contribution in [1.82, 2.24) is 4.90 Å². The molecule has 2 fully saturated rings. The third-order valence-electron chi connectivity index (χ3n) is 4.92. The van der Waals surface area contributed by atoms with Gasteiger partial charge in [-0.15, -0.1) is 0 Å². The van der Waals surface area contributed by atoms with E-state index in [0.29, 0.717) is 19.6 Å². The molecule has 122 valence electrons. The SMILES string of the molecule is CCOCCCC(=O)N1CC2(CCOCC2)CCC1CO. The van der Waals surface area contributed by atoms with Crippen molar-refractivity contribution in [2.24, 2.45) is 5.41 Å². The summed E-state index contributed by atoms with van der Waals surface area (Å²) in [4.78, 5) is 14.4. The van der Waals surface area contributed by atoms with Crippen molar-refractivity contribution < 1.29 is 19.4 Å². The maximum atomic E-state index is 12.5. The summed E-state index contributed by atoms with van der Waals surface area (Å²) < 4.78 is 10.8. The highest BCUT2D eigenvalue weighted by Crippen LogP contribution is 2.41. The summed E-state index contributed by atoms with van der Waals surface area (Å²) in [6.45, 7) is 5.76. The van der Waals surface area contributed by atoms with Crippen molar-refractivity contribution in [2.45, 2.75) is 51.5 Å². The molecule has 1 N–H and O–H groups in total. The molecule has 2 aliphatic rings. The van der Waals surface area contributed by atoms with Crippen LogP contribution < -0.4 is 0 Å². The number of ether oxygens (including phenoxy) is 2. The van der Waals surface area contributed by atoms with Crippen LogP contribution in [0.25, 0.3) is 0 Å². The van der Waals surface area contributed by atoms with E-state index in [-0.39, 0.29) is 24.0 Å². The molecule has 0 aliphatic carbocycles. The summed E-state index contributed by atoms with van der Waals surface area (Å²) in [6.07, 6.45) is 5.36. The second kappa shape index (κ2) is 8.11. The molecular formula is C16H29NO4. The molecule has 2 aliphatic heterocycles. The molecule has 1 atom stereocenters. The molecular weight excluding hydrogens is 270 g/mol. The first kappa shape index (κ1) is 16.7. The fraction of sp³-hybridized carbons (Fsp3) is 0.938. The standard InChI is InChI=1S/C16H29NO4/c1-2-20-9-3-4-15(19)17-13-16(6-5-14(17)12-18)7-10-21-11-8-16/h14,18H,2-13H2,1H3. The van der Waals surface area contributed by atoms with Gasteiger partial charge in [-0.05, 0) is 44.4 Å². The van der Waals surface area contributed by atoms with Gasteiger partial charge in [-0.3, -0.25) is 4.79 Å². The van der Waals surface area contributed by atoms with Crippen molar-refractivity contribution in [3.8, 4) is 0 Å². The summed E-state index contributed by atoms with van der Waals surface area (Å²) in [7, 11) is 0. The maximum Gasteiger partial charge on any atom is 0.223 e. The fourth-order valence-electron chi connectivity index (χ4n) is 3.51. The van der Waals surface area contributed by atoms with Gasteiger partial charge in [-0.1, -0.05) is 0 Å². The zero-order valence-corrected chi connectivity index (χ0v) is 13.2. The van der Waals surface area contributed by atoms with Crippen molar-refractivity contribution in [2.75, 3.05) is 39.6 Å². The van der Waals surface area contributed by atoms with Gasteiger partial charge in [0.25, 0.3) is 0 Å². The Kier molecular flexibility index (Phi) is 6.45. The van der Waals surface area contributed by atoms with Gasteiger partial charge in [-0.2, -0.15) is 0 Å². The highest BCUT2D eigenvalue weighted by Gasteiger charge is 2.41. The summed E-state index contributed by atoms with van der Waals surface area (Å²) in [5.41, 5.74) is 0.222. The Hall–Kier alpha value is -0.650. The van der Waals surface area contributed by atoms with Gasteiger partial charge >= 0.3 is 0 Å². The lowest BCUT2D eigenvalue weighted by atomic mass is 9.72. The van der Waals surface area contributed by atoms with Crippen molar-refractivity contribution in [1.29, 1.82) is 0 Å². The molecule has 1 unspecified atom stereocenters. The molecule has 21 heavy (non-hydrogen) atoms. The van der Waals surface area contributed by atoms with Gasteiger partial charge in [0.1, 0.15) is 0 Å². The smallest absolute Gasteiger partial charge is 0.223 e. The van der Waals surface area contributed by atoms with Crippen molar-refractivity contribution in [3.63, 3.8) is 0 Å². The van der Waals surface area contributed by atoms with Gasteiger partial charge < -0.3 is 19.5 Å². The van der Waals surface area contributed by atoms with E-state index in [9.17, 15) is 9.90 Å². The molecule has 0 radical (unpaired) electrons. The molecule has 1 spiro atoms. The van der Waals surface area contributed by atoms with Crippen LogP contribution in [0.5, 0.6) is 0 Å². The Morgan fingerprint density at radius 3 is 2.81 bits per heavy atom. The second-order valence-corrected chi connectivity index (χ2v) is 6.31. The van der Waals surface area contributed by atoms with Crippen LogP contribution in [0.1, 0.15) is 45.4 Å². The predicted molar refractivity (Wildman–Crippen MR) is 80.0 cm³/mol. The summed E-state index contributed by atoms with van der Waals surface area (Å²) in [5, 5.41) is 9.56. The van der Waals surface area contributed by atoms with E-state index in [4.69, 9.17) is 9.47 Å². The number of piperidine rings is 1. The molecule has 0 aromatic carbocycles. The average molecular weight is 299 g/mol. The maximum absolute atomic E-state index is 12.5. The van der Waals surface area contributed by atoms with Crippen LogP contribution in [0.2, 0.25) is 0 Å². The topological polar surface area (TPSA) is 59.0 Å². The molecule has 0 aromatic rings. The number of amides is 1. The minimum Gasteiger partial charge on any atom is -0.394 e. The lowest BCUT2D eigenvalue weighted by Crippen LogP contribution is -2.54. The first-order valence-electron chi connectivity index (χ1n) is 8.26. The van der Waals surface area contributed by atoms with Crippen LogP contribution in [0.15, 0.2) is 0 Å². The van der Waals surface area contributed by atoms with Crippen LogP contribution in [0.4, 0.5) is 0 Å². The fourth-order valence-corrected chi connectivity index (χ4v) is 3.51. The van der Waals surface area contributed by atoms with Gasteiger partial charge in [0, 0.05) is 39.4 Å². The predicted octanol–water partition coefficient (Wildman–Crippen LogP) is 1.58. The molecule has 5 heteroatoms. The van der Waals surface area contributed by atoms with Crippen LogP contribution in [0.3, 0.4) is 0 Å². The van der Waals surface area contributed by atoms with Crippen LogP contribution in [-0.4, -0.2) is 61.5 Å². The summed E-state index contributed by atoms with van der Waals surface area (Å²) in [6, 6.07) is -0.00179. The monoisotopic (exact) mass is 299 g/mol. The molecule has 1 amide bonds. The highest BCUT2D eigenvalue weighted by atomic mass is 16.5. The van der Waals surface area contributed by atoms with Crippen molar-refractivity contribution >= 4 is 5.91 Å². The number of aliphatic hydroxyl groups is 1. The zero-order chi connectivity index (χ0) is 15.1. The third-order valence-corrected chi connectivity index (χ3v) is 4.92. The van der Waals surface area contributed by atoms with E-state index in [1.165, 1.54) is 0 Å².